The quantitative estimate of drug-likeness (QED) is 0.548. The van der Waals surface area contributed by atoms with Crippen molar-refractivity contribution in [1.29, 1.82) is 0 Å². The number of rotatable bonds is 0. The van der Waals surface area contributed by atoms with E-state index in [4.69, 9.17) is 0 Å². The first-order valence-corrected chi connectivity index (χ1v) is 7.62. The molecule has 1 aromatic rings. The van der Waals surface area contributed by atoms with E-state index in [9.17, 15) is 0 Å². The smallest absolute Gasteiger partial charge is 0.0320 e. The average Bonchev–Trinajstić information content (AvgIpc) is 2.28. The molecule has 0 unspecified atom stereocenters. The van der Waals surface area contributed by atoms with Crippen molar-refractivity contribution in [2.45, 2.75) is 52.4 Å². The summed E-state index contributed by atoms with van der Waals surface area (Å²) in [5, 5.41) is 0. The van der Waals surface area contributed by atoms with E-state index in [1.807, 2.05) is 0 Å². The molecule has 0 heterocycles. The zero-order valence-corrected chi connectivity index (χ0v) is 14.6. The van der Waals surface area contributed by atoms with E-state index in [0.717, 1.165) is 8.95 Å². The van der Waals surface area contributed by atoms with Gasteiger partial charge in [-0.3, -0.25) is 0 Å². The van der Waals surface area contributed by atoms with Gasteiger partial charge in [-0.25, -0.2) is 0 Å². The molecular formula is C15H20Br2. The molecule has 17 heavy (non-hydrogen) atoms. The summed E-state index contributed by atoms with van der Waals surface area (Å²) < 4.78 is 2.30. The molecule has 1 aromatic carbocycles. The number of halogens is 2. The summed E-state index contributed by atoms with van der Waals surface area (Å²) in [4.78, 5) is 0. The Balaban J connectivity index is 2.83. The summed E-state index contributed by atoms with van der Waals surface area (Å²) in [5.74, 6) is 0. The second-order valence-corrected chi connectivity index (χ2v) is 8.40. The van der Waals surface area contributed by atoms with Gasteiger partial charge in [0.1, 0.15) is 0 Å². The van der Waals surface area contributed by atoms with Gasteiger partial charge in [0.05, 0.1) is 0 Å². The SMILES string of the molecule is CC1(C)c2cc(Br)c(Br)cc2C(C)(C)C1(C)C. The highest BCUT2D eigenvalue weighted by Gasteiger charge is 2.56. The molecule has 1 aliphatic rings. The fourth-order valence-electron chi connectivity index (χ4n) is 3.04. The molecule has 0 radical (unpaired) electrons. The van der Waals surface area contributed by atoms with Crippen molar-refractivity contribution in [2.75, 3.05) is 0 Å². The van der Waals surface area contributed by atoms with Gasteiger partial charge in [-0.05, 0) is 71.4 Å². The lowest BCUT2D eigenvalue weighted by Gasteiger charge is -2.44. The van der Waals surface area contributed by atoms with Crippen LogP contribution in [-0.2, 0) is 10.8 Å². The van der Waals surface area contributed by atoms with E-state index in [2.05, 4.69) is 85.5 Å². The number of benzene rings is 1. The normalized spacial score (nSPS) is 23.5. The van der Waals surface area contributed by atoms with Crippen LogP contribution in [0.15, 0.2) is 21.1 Å². The van der Waals surface area contributed by atoms with Crippen LogP contribution in [0.2, 0.25) is 0 Å². The first-order valence-electron chi connectivity index (χ1n) is 6.03. The van der Waals surface area contributed by atoms with Crippen LogP contribution in [0.1, 0.15) is 52.7 Å². The largest absolute Gasteiger partial charge is 0.0582 e. The molecule has 0 atom stereocenters. The van der Waals surface area contributed by atoms with E-state index >= 15 is 0 Å². The first-order chi connectivity index (χ1) is 7.53. The molecule has 0 saturated heterocycles. The third kappa shape index (κ3) is 1.53. The van der Waals surface area contributed by atoms with Gasteiger partial charge in [-0.15, -0.1) is 0 Å². The highest BCUT2D eigenvalue weighted by atomic mass is 79.9. The van der Waals surface area contributed by atoms with E-state index in [1.54, 1.807) is 0 Å². The lowest BCUT2D eigenvalue weighted by molar-refractivity contribution is 0.125. The fourth-order valence-corrected chi connectivity index (χ4v) is 3.72. The molecule has 2 rings (SSSR count). The van der Waals surface area contributed by atoms with Crippen LogP contribution >= 0.6 is 31.9 Å². The molecule has 0 spiro atoms. The Morgan fingerprint density at radius 3 is 1.29 bits per heavy atom. The van der Waals surface area contributed by atoms with Crippen LogP contribution in [-0.4, -0.2) is 0 Å². The van der Waals surface area contributed by atoms with Gasteiger partial charge in [0.25, 0.3) is 0 Å². The molecule has 2 heteroatoms. The lowest BCUT2D eigenvalue weighted by Crippen LogP contribution is -2.42. The topological polar surface area (TPSA) is 0 Å². The highest BCUT2D eigenvalue weighted by Crippen LogP contribution is 2.62. The second kappa shape index (κ2) is 3.60. The van der Waals surface area contributed by atoms with Gasteiger partial charge in [0.2, 0.25) is 0 Å². The van der Waals surface area contributed by atoms with Crippen LogP contribution in [0.5, 0.6) is 0 Å². The average molecular weight is 360 g/mol. The third-order valence-corrected chi connectivity index (χ3v) is 7.38. The lowest BCUT2D eigenvalue weighted by atomic mass is 9.59. The molecule has 1 aliphatic carbocycles. The van der Waals surface area contributed by atoms with Crippen molar-refractivity contribution < 1.29 is 0 Å². The Kier molecular flexibility index (Phi) is 2.88. The molecular weight excluding hydrogens is 340 g/mol. The number of fused-ring (bicyclic) bond motifs is 1. The second-order valence-electron chi connectivity index (χ2n) is 6.69. The minimum absolute atomic E-state index is 0.190. The number of hydrogen-bond acceptors (Lipinski definition) is 0. The van der Waals surface area contributed by atoms with Crippen molar-refractivity contribution in [3.05, 3.63) is 32.2 Å². The Morgan fingerprint density at radius 2 is 1.00 bits per heavy atom. The predicted octanol–water partition coefficient (Wildman–Crippen LogP) is 5.81. The monoisotopic (exact) mass is 358 g/mol. The maximum atomic E-state index is 3.63. The van der Waals surface area contributed by atoms with Crippen molar-refractivity contribution in [1.82, 2.24) is 0 Å². The van der Waals surface area contributed by atoms with Crippen molar-refractivity contribution in [2.24, 2.45) is 5.41 Å². The standard InChI is InChI=1S/C15H20Br2/c1-13(2)9-7-11(16)12(17)8-10(9)14(3,4)15(13,5)6/h7-8H,1-6H3. The first kappa shape index (κ1) is 13.6. The van der Waals surface area contributed by atoms with Crippen LogP contribution in [0.4, 0.5) is 0 Å². The minimum Gasteiger partial charge on any atom is -0.0582 e. The van der Waals surface area contributed by atoms with Crippen molar-refractivity contribution >= 4 is 31.9 Å². The molecule has 0 saturated carbocycles. The Bertz CT molecular complexity index is 439. The van der Waals surface area contributed by atoms with E-state index < -0.39 is 0 Å². The zero-order chi connectivity index (χ0) is 13.2. The summed E-state index contributed by atoms with van der Waals surface area (Å²) in [7, 11) is 0. The van der Waals surface area contributed by atoms with Gasteiger partial charge in [0.15, 0.2) is 0 Å². The van der Waals surface area contributed by atoms with E-state index in [-0.39, 0.29) is 16.2 Å². The van der Waals surface area contributed by atoms with Gasteiger partial charge in [-0.2, -0.15) is 0 Å². The molecule has 0 nitrogen and oxygen atoms in total. The number of hydrogen-bond donors (Lipinski definition) is 0. The maximum Gasteiger partial charge on any atom is 0.0320 e. The Morgan fingerprint density at radius 1 is 0.706 bits per heavy atom. The van der Waals surface area contributed by atoms with Gasteiger partial charge >= 0.3 is 0 Å². The van der Waals surface area contributed by atoms with E-state index in [0.29, 0.717) is 0 Å². The fraction of sp³-hybridized carbons (Fsp3) is 0.600. The zero-order valence-electron chi connectivity index (χ0n) is 11.4. The van der Waals surface area contributed by atoms with E-state index in [1.165, 1.54) is 11.1 Å². The van der Waals surface area contributed by atoms with Crippen molar-refractivity contribution in [3.8, 4) is 0 Å². The maximum absolute atomic E-state index is 3.63. The van der Waals surface area contributed by atoms with Gasteiger partial charge in [0, 0.05) is 8.95 Å². The Labute approximate surface area is 121 Å². The summed E-state index contributed by atoms with van der Waals surface area (Å²) >= 11 is 7.26. The predicted molar refractivity (Wildman–Crippen MR) is 81.7 cm³/mol. The third-order valence-electron chi connectivity index (χ3n) is 5.53. The molecule has 0 aromatic heterocycles. The Hall–Kier alpha value is 0.180. The molecule has 94 valence electrons. The molecule has 0 bridgehead atoms. The molecule has 0 amide bonds. The van der Waals surface area contributed by atoms with Crippen LogP contribution in [0.3, 0.4) is 0 Å². The summed E-state index contributed by atoms with van der Waals surface area (Å²) in [5.41, 5.74) is 3.57. The summed E-state index contributed by atoms with van der Waals surface area (Å²) in [6.45, 7) is 14.2. The molecule has 0 fully saturated rings. The van der Waals surface area contributed by atoms with Crippen LogP contribution < -0.4 is 0 Å². The molecule has 0 N–H and O–H groups in total. The van der Waals surface area contributed by atoms with Crippen LogP contribution in [0.25, 0.3) is 0 Å². The van der Waals surface area contributed by atoms with Crippen molar-refractivity contribution in [3.63, 3.8) is 0 Å². The highest BCUT2D eigenvalue weighted by molar-refractivity contribution is 9.13. The summed E-state index contributed by atoms with van der Waals surface area (Å²) in [6, 6.07) is 4.58. The minimum atomic E-state index is 0.190. The van der Waals surface area contributed by atoms with Crippen LogP contribution in [0, 0.1) is 5.41 Å². The molecule has 0 aliphatic heterocycles. The summed E-state index contributed by atoms with van der Waals surface area (Å²) in [6.07, 6.45) is 0. The van der Waals surface area contributed by atoms with Gasteiger partial charge in [-0.1, -0.05) is 41.5 Å². The van der Waals surface area contributed by atoms with Gasteiger partial charge < -0.3 is 0 Å².